The molecule has 106 valence electrons. The highest BCUT2D eigenvalue weighted by molar-refractivity contribution is 5.95. The molecule has 0 aliphatic carbocycles. The van der Waals surface area contributed by atoms with Gasteiger partial charge in [-0.05, 0) is 30.5 Å². The van der Waals surface area contributed by atoms with Crippen molar-refractivity contribution in [1.29, 1.82) is 0 Å². The van der Waals surface area contributed by atoms with Gasteiger partial charge in [-0.1, -0.05) is 42.5 Å². The standard InChI is InChI=1S/C18H19N3/c1-3-21(18-13-7-12-17(19-2)20-18)16-11-6-9-14-8-4-5-10-15(14)16/h4-13H,3H2,1-2H3,(H,19,20). The molecule has 0 unspecified atom stereocenters. The Morgan fingerprint density at radius 1 is 0.952 bits per heavy atom. The minimum Gasteiger partial charge on any atom is -0.373 e. The van der Waals surface area contributed by atoms with Crippen molar-refractivity contribution in [1.82, 2.24) is 4.98 Å². The van der Waals surface area contributed by atoms with Crippen molar-refractivity contribution in [2.75, 3.05) is 23.8 Å². The Morgan fingerprint density at radius 2 is 1.71 bits per heavy atom. The number of nitrogens with zero attached hydrogens (tertiary/aromatic N) is 2. The molecule has 3 rings (SSSR count). The SMILES string of the molecule is CCN(c1cccc(NC)n1)c1cccc2ccccc12. The fourth-order valence-corrected chi connectivity index (χ4v) is 2.61. The number of rotatable bonds is 4. The summed E-state index contributed by atoms with van der Waals surface area (Å²) in [5.41, 5.74) is 1.19. The Hall–Kier alpha value is -2.55. The lowest BCUT2D eigenvalue weighted by molar-refractivity contribution is 0.995. The van der Waals surface area contributed by atoms with Gasteiger partial charge in [-0.2, -0.15) is 0 Å². The molecular weight excluding hydrogens is 258 g/mol. The fourth-order valence-electron chi connectivity index (χ4n) is 2.61. The molecule has 2 aromatic carbocycles. The second kappa shape index (κ2) is 5.83. The molecule has 0 saturated heterocycles. The van der Waals surface area contributed by atoms with Crippen molar-refractivity contribution in [3.8, 4) is 0 Å². The van der Waals surface area contributed by atoms with E-state index in [1.165, 1.54) is 16.5 Å². The number of fused-ring (bicyclic) bond motifs is 1. The molecule has 0 bridgehead atoms. The van der Waals surface area contributed by atoms with Crippen LogP contribution in [0.1, 0.15) is 6.92 Å². The Labute approximate surface area is 125 Å². The van der Waals surface area contributed by atoms with Crippen molar-refractivity contribution in [2.45, 2.75) is 6.92 Å². The van der Waals surface area contributed by atoms with E-state index in [-0.39, 0.29) is 0 Å². The van der Waals surface area contributed by atoms with Gasteiger partial charge in [0, 0.05) is 19.0 Å². The Bertz CT molecular complexity index is 747. The van der Waals surface area contributed by atoms with Crippen LogP contribution in [0.15, 0.2) is 60.7 Å². The zero-order valence-electron chi connectivity index (χ0n) is 12.4. The summed E-state index contributed by atoms with van der Waals surface area (Å²) in [6.45, 7) is 3.02. The molecule has 0 spiro atoms. The highest BCUT2D eigenvalue weighted by atomic mass is 15.2. The van der Waals surface area contributed by atoms with Crippen LogP contribution in [-0.2, 0) is 0 Å². The molecule has 0 amide bonds. The summed E-state index contributed by atoms with van der Waals surface area (Å²) in [4.78, 5) is 6.90. The van der Waals surface area contributed by atoms with E-state index in [2.05, 4.69) is 64.6 Å². The summed E-state index contributed by atoms with van der Waals surface area (Å²) < 4.78 is 0. The highest BCUT2D eigenvalue weighted by Gasteiger charge is 2.11. The predicted molar refractivity (Wildman–Crippen MR) is 90.4 cm³/mol. The molecule has 21 heavy (non-hydrogen) atoms. The van der Waals surface area contributed by atoms with Crippen LogP contribution < -0.4 is 10.2 Å². The summed E-state index contributed by atoms with van der Waals surface area (Å²) in [6, 6.07) is 20.9. The molecular formula is C18H19N3. The van der Waals surface area contributed by atoms with E-state index in [0.717, 1.165) is 18.2 Å². The first-order valence-corrected chi connectivity index (χ1v) is 7.23. The van der Waals surface area contributed by atoms with E-state index in [1.54, 1.807) is 0 Å². The van der Waals surface area contributed by atoms with Gasteiger partial charge in [0.1, 0.15) is 11.6 Å². The molecule has 3 nitrogen and oxygen atoms in total. The summed E-state index contributed by atoms with van der Waals surface area (Å²) in [5.74, 6) is 1.84. The fraction of sp³-hybridized carbons (Fsp3) is 0.167. The van der Waals surface area contributed by atoms with Crippen molar-refractivity contribution in [3.05, 3.63) is 60.7 Å². The second-order valence-corrected chi connectivity index (χ2v) is 4.87. The van der Waals surface area contributed by atoms with Crippen LogP contribution in [0.25, 0.3) is 10.8 Å². The Balaban J connectivity index is 2.13. The second-order valence-electron chi connectivity index (χ2n) is 4.87. The lowest BCUT2D eigenvalue weighted by Gasteiger charge is -2.24. The molecule has 0 atom stereocenters. The van der Waals surface area contributed by atoms with Gasteiger partial charge in [-0.3, -0.25) is 0 Å². The summed E-state index contributed by atoms with van der Waals surface area (Å²) in [6.07, 6.45) is 0. The lowest BCUT2D eigenvalue weighted by atomic mass is 10.1. The Morgan fingerprint density at radius 3 is 2.52 bits per heavy atom. The van der Waals surface area contributed by atoms with Crippen LogP contribution in [0.5, 0.6) is 0 Å². The van der Waals surface area contributed by atoms with Crippen molar-refractivity contribution in [3.63, 3.8) is 0 Å². The first-order valence-electron chi connectivity index (χ1n) is 7.23. The number of pyridine rings is 1. The minimum absolute atomic E-state index is 0.869. The zero-order valence-corrected chi connectivity index (χ0v) is 12.4. The van der Waals surface area contributed by atoms with Gasteiger partial charge in [-0.15, -0.1) is 0 Å². The monoisotopic (exact) mass is 277 g/mol. The molecule has 3 heteroatoms. The first kappa shape index (κ1) is 13.4. The summed E-state index contributed by atoms with van der Waals surface area (Å²) in [5, 5.41) is 5.59. The predicted octanol–water partition coefficient (Wildman–Crippen LogP) is 4.43. The largest absolute Gasteiger partial charge is 0.373 e. The third kappa shape index (κ3) is 2.55. The molecule has 0 fully saturated rings. The van der Waals surface area contributed by atoms with Gasteiger partial charge in [-0.25, -0.2) is 4.98 Å². The van der Waals surface area contributed by atoms with Crippen LogP contribution in [0.4, 0.5) is 17.3 Å². The van der Waals surface area contributed by atoms with E-state index < -0.39 is 0 Å². The van der Waals surface area contributed by atoms with Gasteiger partial charge < -0.3 is 10.2 Å². The maximum atomic E-state index is 4.66. The number of nitrogens with one attached hydrogen (secondary N) is 1. The molecule has 0 saturated carbocycles. The summed E-state index contributed by atoms with van der Waals surface area (Å²) >= 11 is 0. The van der Waals surface area contributed by atoms with Crippen molar-refractivity contribution >= 4 is 28.1 Å². The van der Waals surface area contributed by atoms with Crippen LogP contribution in [0, 0.1) is 0 Å². The van der Waals surface area contributed by atoms with Crippen LogP contribution in [0.3, 0.4) is 0 Å². The van der Waals surface area contributed by atoms with Crippen molar-refractivity contribution < 1.29 is 0 Å². The maximum absolute atomic E-state index is 4.66. The molecule has 1 heterocycles. The normalized spacial score (nSPS) is 10.6. The molecule has 0 radical (unpaired) electrons. The molecule has 0 aliphatic rings. The molecule has 3 aromatic rings. The van der Waals surface area contributed by atoms with E-state index >= 15 is 0 Å². The van der Waals surface area contributed by atoms with Gasteiger partial charge in [0.05, 0.1) is 5.69 Å². The Kier molecular flexibility index (Phi) is 3.73. The van der Waals surface area contributed by atoms with E-state index in [0.29, 0.717) is 0 Å². The van der Waals surface area contributed by atoms with Gasteiger partial charge in [0.25, 0.3) is 0 Å². The van der Waals surface area contributed by atoms with E-state index in [4.69, 9.17) is 0 Å². The smallest absolute Gasteiger partial charge is 0.135 e. The minimum atomic E-state index is 0.869. The number of hydrogen-bond acceptors (Lipinski definition) is 3. The maximum Gasteiger partial charge on any atom is 0.135 e. The molecule has 1 N–H and O–H groups in total. The van der Waals surface area contributed by atoms with E-state index in [9.17, 15) is 0 Å². The molecule has 1 aromatic heterocycles. The quantitative estimate of drug-likeness (QED) is 0.764. The number of anilines is 3. The zero-order chi connectivity index (χ0) is 14.7. The number of hydrogen-bond donors (Lipinski definition) is 1. The highest BCUT2D eigenvalue weighted by Crippen LogP contribution is 2.31. The van der Waals surface area contributed by atoms with Crippen LogP contribution in [-0.4, -0.2) is 18.6 Å². The average Bonchev–Trinajstić information content (AvgIpc) is 2.56. The van der Waals surface area contributed by atoms with Crippen LogP contribution >= 0.6 is 0 Å². The number of aromatic nitrogens is 1. The number of benzene rings is 2. The third-order valence-corrected chi connectivity index (χ3v) is 3.64. The van der Waals surface area contributed by atoms with Gasteiger partial charge in [0.2, 0.25) is 0 Å². The van der Waals surface area contributed by atoms with Gasteiger partial charge in [0.15, 0.2) is 0 Å². The average molecular weight is 277 g/mol. The van der Waals surface area contributed by atoms with Gasteiger partial charge >= 0.3 is 0 Å². The third-order valence-electron chi connectivity index (χ3n) is 3.64. The molecule has 0 aliphatic heterocycles. The van der Waals surface area contributed by atoms with Crippen molar-refractivity contribution in [2.24, 2.45) is 0 Å². The van der Waals surface area contributed by atoms with E-state index in [1.807, 2.05) is 25.2 Å². The topological polar surface area (TPSA) is 28.2 Å². The van der Waals surface area contributed by atoms with Crippen LogP contribution in [0.2, 0.25) is 0 Å². The summed E-state index contributed by atoms with van der Waals surface area (Å²) in [7, 11) is 1.89. The lowest BCUT2D eigenvalue weighted by Crippen LogP contribution is -2.18. The first-order chi connectivity index (χ1) is 10.3.